The monoisotopic (exact) mass is 384 g/mol. The van der Waals surface area contributed by atoms with Crippen LogP contribution in [0.4, 0.5) is 0 Å². The minimum absolute atomic E-state index is 0.165. The molecule has 28 heavy (non-hydrogen) atoms. The van der Waals surface area contributed by atoms with Gasteiger partial charge in [-0.05, 0) is 85.5 Å². The Balaban J connectivity index is 1.50. The maximum atomic E-state index is 13.0. The van der Waals surface area contributed by atoms with Crippen molar-refractivity contribution in [3.8, 4) is 5.75 Å². The molecule has 152 valence electrons. The van der Waals surface area contributed by atoms with Gasteiger partial charge >= 0.3 is 5.97 Å². The number of hydrogen-bond donors (Lipinski definition) is 2. The van der Waals surface area contributed by atoms with E-state index in [4.69, 9.17) is 5.11 Å². The summed E-state index contributed by atoms with van der Waals surface area (Å²) >= 11 is 0. The molecule has 4 unspecified atom stereocenters. The predicted octanol–water partition coefficient (Wildman–Crippen LogP) is 5.08. The highest BCUT2D eigenvalue weighted by Gasteiger charge is 2.58. The number of unbranched alkanes of at least 4 members (excludes halogenated alkanes) is 2. The van der Waals surface area contributed by atoms with Gasteiger partial charge in [-0.15, -0.1) is 0 Å². The molecule has 2 N–H and O–H groups in total. The first kappa shape index (κ1) is 19.5. The second kappa shape index (κ2) is 7.53. The Morgan fingerprint density at radius 3 is 2.82 bits per heavy atom. The lowest BCUT2D eigenvalue weighted by molar-refractivity contribution is -0.137. The van der Waals surface area contributed by atoms with Crippen molar-refractivity contribution < 1.29 is 19.8 Å². The third-order valence-electron chi connectivity index (χ3n) is 8.02. The van der Waals surface area contributed by atoms with Crippen molar-refractivity contribution >= 4 is 11.8 Å². The lowest BCUT2D eigenvalue weighted by Gasteiger charge is -2.50. The van der Waals surface area contributed by atoms with Crippen LogP contribution in [-0.2, 0) is 16.0 Å². The van der Waals surface area contributed by atoms with E-state index in [1.54, 1.807) is 0 Å². The molecule has 0 radical (unpaired) electrons. The van der Waals surface area contributed by atoms with E-state index in [1.807, 2.05) is 12.1 Å². The minimum Gasteiger partial charge on any atom is -0.508 e. The number of carboxylic acid groups (broad SMARTS) is 1. The maximum Gasteiger partial charge on any atom is 0.303 e. The van der Waals surface area contributed by atoms with E-state index in [-0.39, 0.29) is 11.8 Å². The third kappa shape index (κ3) is 3.35. The zero-order chi connectivity index (χ0) is 19.9. The van der Waals surface area contributed by atoms with Gasteiger partial charge in [0.2, 0.25) is 0 Å². The van der Waals surface area contributed by atoms with Gasteiger partial charge in [0.1, 0.15) is 11.5 Å². The number of phenolic OH excluding ortho intramolecular Hbond substituents is 1. The van der Waals surface area contributed by atoms with Crippen LogP contribution in [0.3, 0.4) is 0 Å². The lowest BCUT2D eigenvalue weighted by atomic mass is 9.54. The molecule has 0 aliphatic heterocycles. The summed E-state index contributed by atoms with van der Waals surface area (Å²) in [5.74, 6) is 2.09. The molecular weight excluding hydrogens is 352 g/mol. The van der Waals surface area contributed by atoms with E-state index < -0.39 is 5.97 Å². The van der Waals surface area contributed by atoms with Gasteiger partial charge in [-0.3, -0.25) is 9.59 Å². The SMILES string of the molecule is C[C@]12CCC3c4ccc(O)cc4CCC3C1C(CCCCCC(=O)O)CC2=O. The molecule has 5 atom stereocenters. The van der Waals surface area contributed by atoms with Crippen LogP contribution in [0.25, 0.3) is 0 Å². The Hall–Kier alpha value is -1.84. The van der Waals surface area contributed by atoms with Crippen LogP contribution in [-0.4, -0.2) is 22.0 Å². The highest BCUT2D eigenvalue weighted by Crippen LogP contribution is 2.62. The molecule has 2 fully saturated rings. The molecule has 3 aliphatic rings. The molecule has 2 saturated carbocycles. The van der Waals surface area contributed by atoms with E-state index in [1.165, 1.54) is 11.1 Å². The van der Waals surface area contributed by atoms with Crippen LogP contribution in [0, 0.1) is 23.2 Å². The average molecular weight is 385 g/mol. The fourth-order valence-electron chi connectivity index (χ4n) is 6.75. The molecule has 4 heteroatoms. The second-order valence-corrected chi connectivity index (χ2v) is 9.55. The van der Waals surface area contributed by atoms with E-state index >= 15 is 0 Å². The number of aromatic hydroxyl groups is 1. The van der Waals surface area contributed by atoms with Gasteiger partial charge in [0.05, 0.1) is 0 Å². The molecule has 0 spiro atoms. The summed E-state index contributed by atoms with van der Waals surface area (Å²) in [6.07, 6.45) is 8.89. The molecular formula is C24H32O4. The molecule has 0 bridgehead atoms. The van der Waals surface area contributed by atoms with Crippen molar-refractivity contribution in [3.63, 3.8) is 0 Å². The van der Waals surface area contributed by atoms with Crippen LogP contribution in [0.5, 0.6) is 5.75 Å². The first-order valence-electron chi connectivity index (χ1n) is 11.0. The number of phenols is 1. The van der Waals surface area contributed by atoms with Crippen LogP contribution in [0.15, 0.2) is 18.2 Å². The number of benzene rings is 1. The quantitative estimate of drug-likeness (QED) is 0.671. The number of carboxylic acids is 1. The third-order valence-corrected chi connectivity index (χ3v) is 8.02. The zero-order valence-electron chi connectivity index (χ0n) is 16.8. The summed E-state index contributed by atoms with van der Waals surface area (Å²) in [4.78, 5) is 23.7. The number of carbonyl (C=O) groups excluding carboxylic acids is 1. The Labute approximate surface area is 167 Å². The first-order valence-corrected chi connectivity index (χ1v) is 11.0. The summed E-state index contributed by atoms with van der Waals surface area (Å²) in [6.45, 7) is 2.22. The van der Waals surface area contributed by atoms with Crippen molar-refractivity contribution in [3.05, 3.63) is 29.3 Å². The first-order chi connectivity index (χ1) is 13.4. The summed E-state index contributed by atoms with van der Waals surface area (Å²) in [7, 11) is 0. The highest BCUT2D eigenvalue weighted by molar-refractivity contribution is 5.87. The van der Waals surface area contributed by atoms with Gasteiger partial charge in [0, 0.05) is 18.3 Å². The zero-order valence-corrected chi connectivity index (χ0v) is 16.8. The van der Waals surface area contributed by atoms with E-state index in [9.17, 15) is 14.7 Å². The van der Waals surface area contributed by atoms with Crippen LogP contribution < -0.4 is 0 Å². The highest BCUT2D eigenvalue weighted by atomic mass is 16.4. The number of Topliss-reactive ketones (excluding diaryl/α,β-unsaturated/α-hetero) is 1. The van der Waals surface area contributed by atoms with Crippen molar-refractivity contribution in [1.82, 2.24) is 0 Å². The molecule has 0 amide bonds. The molecule has 0 saturated heterocycles. The summed E-state index contributed by atoms with van der Waals surface area (Å²) in [5.41, 5.74) is 2.52. The number of fused-ring (bicyclic) bond motifs is 5. The number of carbonyl (C=O) groups is 2. The average Bonchev–Trinajstić information content (AvgIpc) is 2.91. The summed E-state index contributed by atoms with van der Waals surface area (Å²) in [5, 5.41) is 18.7. The Kier molecular flexibility index (Phi) is 5.24. The Bertz CT molecular complexity index is 770. The molecule has 0 aromatic heterocycles. The topological polar surface area (TPSA) is 74.6 Å². The van der Waals surface area contributed by atoms with E-state index in [2.05, 4.69) is 13.0 Å². The van der Waals surface area contributed by atoms with Gasteiger partial charge in [-0.25, -0.2) is 0 Å². The Morgan fingerprint density at radius 2 is 2.04 bits per heavy atom. The van der Waals surface area contributed by atoms with Crippen molar-refractivity contribution in [2.75, 3.05) is 0 Å². The summed E-state index contributed by atoms with van der Waals surface area (Å²) < 4.78 is 0. The molecule has 0 heterocycles. The van der Waals surface area contributed by atoms with Crippen molar-refractivity contribution in [2.24, 2.45) is 23.2 Å². The van der Waals surface area contributed by atoms with E-state index in [0.717, 1.165) is 51.4 Å². The standard InChI is InChI=1S/C24H32O4/c1-24-12-11-19-18-10-8-17(25)13-15(18)7-9-20(19)23(24)16(14-21(24)26)5-3-2-4-6-22(27)28/h8,10,13,16,19-20,23,25H,2-7,9,11-12,14H2,1H3,(H,27,28)/t16?,19?,20?,23?,24-/m1/s1. The lowest BCUT2D eigenvalue weighted by Crippen LogP contribution is -2.44. The van der Waals surface area contributed by atoms with Crippen molar-refractivity contribution in [2.45, 2.75) is 77.0 Å². The van der Waals surface area contributed by atoms with Gasteiger partial charge < -0.3 is 10.2 Å². The normalized spacial score (nSPS) is 33.8. The van der Waals surface area contributed by atoms with Crippen molar-refractivity contribution in [1.29, 1.82) is 0 Å². The van der Waals surface area contributed by atoms with Gasteiger partial charge in [-0.1, -0.05) is 25.8 Å². The van der Waals surface area contributed by atoms with Gasteiger partial charge in [0.25, 0.3) is 0 Å². The molecule has 4 rings (SSSR count). The fourth-order valence-corrected chi connectivity index (χ4v) is 6.75. The fraction of sp³-hybridized carbons (Fsp3) is 0.667. The van der Waals surface area contributed by atoms with Crippen LogP contribution >= 0.6 is 0 Å². The minimum atomic E-state index is -0.717. The van der Waals surface area contributed by atoms with Gasteiger partial charge in [-0.2, -0.15) is 0 Å². The summed E-state index contributed by atoms with van der Waals surface area (Å²) in [6, 6.07) is 5.86. The Morgan fingerprint density at radius 1 is 1.21 bits per heavy atom. The van der Waals surface area contributed by atoms with Crippen LogP contribution in [0.1, 0.15) is 81.8 Å². The molecule has 4 nitrogen and oxygen atoms in total. The van der Waals surface area contributed by atoms with E-state index in [0.29, 0.717) is 41.6 Å². The maximum absolute atomic E-state index is 13.0. The molecule has 1 aromatic carbocycles. The number of aliphatic carboxylic acids is 1. The predicted molar refractivity (Wildman–Crippen MR) is 107 cm³/mol. The number of hydrogen-bond acceptors (Lipinski definition) is 3. The van der Waals surface area contributed by atoms with Crippen LogP contribution in [0.2, 0.25) is 0 Å². The molecule has 3 aliphatic carbocycles. The number of rotatable bonds is 6. The largest absolute Gasteiger partial charge is 0.508 e. The second-order valence-electron chi connectivity index (χ2n) is 9.55. The smallest absolute Gasteiger partial charge is 0.303 e. The number of aryl methyl sites for hydroxylation is 1. The molecule has 1 aromatic rings. The van der Waals surface area contributed by atoms with Gasteiger partial charge in [0.15, 0.2) is 0 Å². The number of ketones is 1.